The fourth-order valence-electron chi connectivity index (χ4n) is 10.3. The van der Waals surface area contributed by atoms with Crippen LogP contribution in [-0.4, -0.2) is 78.5 Å². The Balaban J connectivity index is 1.24. The number of carbonyl (C=O) groups excluding carboxylic acids is 2. The molecule has 7 heteroatoms. The van der Waals surface area contributed by atoms with Crippen LogP contribution >= 0.6 is 0 Å². The average Bonchev–Trinajstić information content (AvgIpc) is 3.43. The van der Waals surface area contributed by atoms with Crippen LogP contribution in [-0.2, 0) is 23.8 Å². The molecule has 0 aromatic heterocycles. The fourth-order valence-corrected chi connectivity index (χ4v) is 10.3. The van der Waals surface area contributed by atoms with Crippen molar-refractivity contribution >= 4 is 11.6 Å². The minimum Gasteiger partial charge on any atom is -0.393 e. The van der Waals surface area contributed by atoms with E-state index < -0.39 is 17.1 Å². The molecule has 0 unspecified atom stereocenters. The normalized spacial score (nSPS) is 48.2. The molecule has 6 fully saturated rings. The SMILES string of the molecule is C[C@]12C=CC(=O)C=C1CC[C@@H]1[C@@H]2[C@@H](O)C[C@@]2(C)[C@H]1C[C@H]1O[C@@H](C3CCCCC3)O[C@]12C(=O)CN1CCOCC1. The summed E-state index contributed by atoms with van der Waals surface area (Å²) < 4.78 is 19.4. The van der Waals surface area contributed by atoms with Crippen molar-refractivity contribution in [1.29, 1.82) is 0 Å². The number of nitrogens with zero attached hydrogens (tertiary/aromatic N) is 1. The van der Waals surface area contributed by atoms with Gasteiger partial charge in [-0.3, -0.25) is 14.5 Å². The molecule has 7 aliphatic rings. The molecule has 0 radical (unpaired) electrons. The van der Waals surface area contributed by atoms with Gasteiger partial charge in [0.25, 0.3) is 0 Å². The van der Waals surface area contributed by atoms with Gasteiger partial charge in [0.15, 0.2) is 23.5 Å². The zero-order valence-electron chi connectivity index (χ0n) is 23.6. The van der Waals surface area contributed by atoms with Gasteiger partial charge < -0.3 is 19.3 Å². The number of ether oxygens (including phenoxy) is 3. The third-order valence-electron chi connectivity index (χ3n) is 12.2. The second-order valence-electron chi connectivity index (χ2n) is 14.0. The van der Waals surface area contributed by atoms with Crippen molar-refractivity contribution in [3.05, 3.63) is 23.8 Å². The fraction of sp³-hybridized carbons (Fsp3) is 0.812. The molecule has 2 aliphatic heterocycles. The van der Waals surface area contributed by atoms with Crippen molar-refractivity contribution in [3.63, 3.8) is 0 Å². The van der Waals surface area contributed by atoms with Crippen LogP contribution in [0.25, 0.3) is 0 Å². The Morgan fingerprint density at radius 3 is 2.67 bits per heavy atom. The number of hydrogen-bond acceptors (Lipinski definition) is 7. The lowest BCUT2D eigenvalue weighted by molar-refractivity contribution is -0.209. The Labute approximate surface area is 232 Å². The summed E-state index contributed by atoms with van der Waals surface area (Å²) in [5.41, 5.74) is -0.705. The van der Waals surface area contributed by atoms with Gasteiger partial charge in [-0.1, -0.05) is 44.8 Å². The van der Waals surface area contributed by atoms with Crippen LogP contribution in [0.1, 0.15) is 71.6 Å². The van der Waals surface area contributed by atoms with Gasteiger partial charge in [0.05, 0.1) is 32.0 Å². The maximum absolute atomic E-state index is 14.6. The van der Waals surface area contributed by atoms with E-state index >= 15 is 0 Å². The zero-order chi connectivity index (χ0) is 27.0. The highest BCUT2D eigenvalue weighted by molar-refractivity contribution is 6.01. The Morgan fingerprint density at radius 2 is 1.90 bits per heavy atom. The summed E-state index contributed by atoms with van der Waals surface area (Å²) in [5, 5.41) is 12.0. The van der Waals surface area contributed by atoms with Gasteiger partial charge in [0.2, 0.25) is 0 Å². The van der Waals surface area contributed by atoms with E-state index in [1.54, 1.807) is 12.2 Å². The third-order valence-corrected chi connectivity index (χ3v) is 12.2. The maximum Gasteiger partial charge on any atom is 0.181 e. The largest absolute Gasteiger partial charge is 0.393 e. The molecule has 0 spiro atoms. The van der Waals surface area contributed by atoms with Crippen molar-refractivity contribution < 1.29 is 28.9 Å². The van der Waals surface area contributed by atoms with E-state index in [0.717, 1.165) is 50.8 Å². The first-order valence-electron chi connectivity index (χ1n) is 15.6. The number of rotatable bonds is 4. The van der Waals surface area contributed by atoms with E-state index in [4.69, 9.17) is 14.2 Å². The first kappa shape index (κ1) is 26.5. The first-order chi connectivity index (χ1) is 18.8. The standard InChI is InChI=1S/C32H45NO6/c1-30-11-10-22(34)16-21(30)8-9-23-24-17-27-32(31(24,2)18-25(35)28(23)30,26(36)19-33-12-14-37-15-13-33)39-29(38-27)20-6-4-3-5-7-20/h10-11,16,20,23-25,27-29,35H,3-9,12-15,17-19H2,1-2H3/t23-,24-,25-,27+,28+,29+,30-,31-,32+/m0/s1. The molecule has 2 heterocycles. The second-order valence-corrected chi connectivity index (χ2v) is 14.0. The second kappa shape index (κ2) is 9.59. The Hall–Kier alpha value is -1.38. The maximum atomic E-state index is 14.6. The van der Waals surface area contributed by atoms with Gasteiger partial charge in [-0.05, 0) is 62.5 Å². The topological polar surface area (TPSA) is 85.3 Å². The third kappa shape index (κ3) is 3.86. The molecule has 4 saturated carbocycles. The molecule has 39 heavy (non-hydrogen) atoms. The lowest BCUT2D eigenvalue weighted by Crippen LogP contribution is -2.64. The van der Waals surface area contributed by atoms with Crippen LogP contribution in [0.4, 0.5) is 0 Å². The number of ketones is 2. The van der Waals surface area contributed by atoms with E-state index in [-0.39, 0.29) is 47.1 Å². The van der Waals surface area contributed by atoms with Crippen molar-refractivity contribution in [3.8, 4) is 0 Å². The van der Waals surface area contributed by atoms with E-state index in [1.807, 2.05) is 0 Å². The molecule has 2 saturated heterocycles. The molecule has 7 nitrogen and oxygen atoms in total. The number of aliphatic hydroxyl groups is 1. The quantitative estimate of drug-likeness (QED) is 0.581. The van der Waals surface area contributed by atoms with E-state index in [9.17, 15) is 14.7 Å². The Kier molecular flexibility index (Phi) is 6.52. The molecule has 0 aromatic carbocycles. The zero-order valence-corrected chi connectivity index (χ0v) is 23.6. The Bertz CT molecular complexity index is 1070. The van der Waals surface area contributed by atoms with Crippen LogP contribution < -0.4 is 0 Å². The number of hydrogen-bond donors (Lipinski definition) is 1. The lowest BCUT2D eigenvalue weighted by atomic mass is 9.46. The highest BCUT2D eigenvalue weighted by Gasteiger charge is 2.76. The van der Waals surface area contributed by atoms with E-state index in [1.165, 1.54) is 19.3 Å². The van der Waals surface area contributed by atoms with Crippen molar-refractivity contribution in [2.45, 2.75) is 95.7 Å². The predicted octanol–water partition coefficient (Wildman–Crippen LogP) is 3.84. The van der Waals surface area contributed by atoms with Crippen LogP contribution in [0, 0.1) is 34.5 Å². The van der Waals surface area contributed by atoms with E-state index in [0.29, 0.717) is 32.1 Å². The summed E-state index contributed by atoms with van der Waals surface area (Å²) in [6.07, 6.45) is 13.3. The van der Waals surface area contributed by atoms with Gasteiger partial charge in [0.1, 0.15) is 0 Å². The summed E-state index contributed by atoms with van der Waals surface area (Å²) in [5.74, 6) is 1.02. The number of carbonyl (C=O) groups is 2. The van der Waals surface area contributed by atoms with Gasteiger partial charge >= 0.3 is 0 Å². The number of allylic oxidation sites excluding steroid dienone is 4. The van der Waals surface area contributed by atoms with Crippen LogP contribution in [0.3, 0.4) is 0 Å². The smallest absolute Gasteiger partial charge is 0.181 e. The molecule has 0 bridgehead atoms. The van der Waals surface area contributed by atoms with E-state index in [2.05, 4.69) is 24.8 Å². The molecule has 0 amide bonds. The summed E-state index contributed by atoms with van der Waals surface area (Å²) in [6.45, 7) is 7.59. The van der Waals surface area contributed by atoms with Gasteiger partial charge in [-0.25, -0.2) is 0 Å². The molecule has 1 N–H and O–H groups in total. The van der Waals surface area contributed by atoms with Crippen LogP contribution in [0.15, 0.2) is 23.8 Å². The summed E-state index contributed by atoms with van der Waals surface area (Å²) in [7, 11) is 0. The van der Waals surface area contributed by atoms with Gasteiger partial charge in [-0.2, -0.15) is 0 Å². The number of morpholine rings is 1. The minimum atomic E-state index is -1.03. The molecule has 214 valence electrons. The van der Waals surface area contributed by atoms with Gasteiger partial charge in [-0.15, -0.1) is 0 Å². The number of fused-ring (bicyclic) bond motifs is 7. The lowest BCUT2D eigenvalue weighted by Gasteiger charge is -2.60. The highest BCUT2D eigenvalue weighted by atomic mass is 16.7. The van der Waals surface area contributed by atoms with Crippen molar-refractivity contribution in [2.24, 2.45) is 34.5 Å². The number of Topliss-reactive ketones (excluding diaryl/α,β-unsaturated/α-hetero) is 1. The van der Waals surface area contributed by atoms with Crippen molar-refractivity contribution in [1.82, 2.24) is 4.90 Å². The number of aliphatic hydroxyl groups excluding tert-OH is 1. The Morgan fingerprint density at radius 1 is 1.13 bits per heavy atom. The predicted molar refractivity (Wildman–Crippen MR) is 145 cm³/mol. The average molecular weight is 540 g/mol. The summed E-state index contributed by atoms with van der Waals surface area (Å²) in [4.78, 5) is 29.0. The minimum absolute atomic E-state index is 0.0271. The molecule has 0 aromatic rings. The molecule has 9 atom stereocenters. The first-order valence-corrected chi connectivity index (χ1v) is 15.6. The molecular weight excluding hydrogens is 494 g/mol. The monoisotopic (exact) mass is 539 g/mol. The van der Waals surface area contributed by atoms with Crippen LogP contribution in [0.5, 0.6) is 0 Å². The molecular formula is C32H45NO6. The van der Waals surface area contributed by atoms with Gasteiger partial charge in [0, 0.05) is 35.8 Å². The molecule has 7 rings (SSSR count). The summed E-state index contributed by atoms with van der Waals surface area (Å²) >= 11 is 0. The highest BCUT2D eigenvalue weighted by Crippen LogP contribution is 2.70. The van der Waals surface area contributed by atoms with Crippen LogP contribution in [0.2, 0.25) is 0 Å². The summed E-state index contributed by atoms with van der Waals surface area (Å²) in [6, 6.07) is 0. The molecule has 5 aliphatic carbocycles. The van der Waals surface area contributed by atoms with Crippen molar-refractivity contribution in [2.75, 3.05) is 32.8 Å².